The number of rotatable bonds is 5. The number of halogens is 1. The molecule has 0 fully saturated rings. The van der Waals surface area contributed by atoms with Crippen molar-refractivity contribution < 1.29 is 4.79 Å². The Bertz CT molecular complexity index is 402. The lowest BCUT2D eigenvalue weighted by Crippen LogP contribution is -2.37. The lowest BCUT2D eigenvalue weighted by atomic mass is 10.3. The molecule has 1 aromatic rings. The van der Waals surface area contributed by atoms with Crippen molar-refractivity contribution >= 4 is 35.1 Å². The van der Waals surface area contributed by atoms with Gasteiger partial charge in [-0.05, 0) is 20.1 Å². The normalized spacial score (nSPS) is 12.0. The van der Waals surface area contributed by atoms with Crippen molar-refractivity contribution in [3.63, 3.8) is 0 Å². The van der Waals surface area contributed by atoms with Gasteiger partial charge in [-0.25, -0.2) is 9.97 Å². The molecule has 94 valence electrons. The molecule has 1 unspecified atom stereocenters. The van der Waals surface area contributed by atoms with Gasteiger partial charge in [-0.1, -0.05) is 23.4 Å². The topological polar surface area (TPSA) is 66.9 Å². The summed E-state index contributed by atoms with van der Waals surface area (Å²) in [6, 6.07) is 1.23. The van der Waals surface area contributed by atoms with Gasteiger partial charge in [0.15, 0.2) is 5.16 Å². The van der Waals surface area contributed by atoms with Crippen LogP contribution in [0.1, 0.15) is 13.8 Å². The Labute approximate surface area is 110 Å². The van der Waals surface area contributed by atoms with Crippen LogP contribution in [0, 0.1) is 0 Å². The molecular weight excluding hydrogens is 260 g/mol. The second-order valence-electron chi connectivity index (χ2n) is 3.32. The van der Waals surface area contributed by atoms with E-state index >= 15 is 0 Å². The van der Waals surface area contributed by atoms with E-state index in [0.29, 0.717) is 22.7 Å². The summed E-state index contributed by atoms with van der Waals surface area (Å²) in [5.41, 5.74) is 0. The van der Waals surface area contributed by atoms with Gasteiger partial charge >= 0.3 is 0 Å². The minimum Gasteiger partial charge on any atom is -0.358 e. The molecule has 1 aromatic heterocycles. The molecule has 5 nitrogen and oxygen atoms in total. The highest BCUT2D eigenvalue weighted by atomic mass is 35.5. The Morgan fingerprint density at radius 3 is 2.88 bits per heavy atom. The van der Waals surface area contributed by atoms with Crippen LogP contribution in [0.25, 0.3) is 0 Å². The van der Waals surface area contributed by atoms with Crippen LogP contribution >= 0.6 is 23.4 Å². The van der Waals surface area contributed by atoms with Crippen LogP contribution < -0.4 is 10.6 Å². The van der Waals surface area contributed by atoms with Crippen molar-refractivity contribution in [3.8, 4) is 0 Å². The molecule has 17 heavy (non-hydrogen) atoms. The van der Waals surface area contributed by atoms with Crippen molar-refractivity contribution in [2.24, 2.45) is 0 Å². The summed E-state index contributed by atoms with van der Waals surface area (Å²) < 4.78 is 0. The smallest absolute Gasteiger partial charge is 0.242 e. The Hall–Kier alpha value is -1.01. The second-order valence-corrected chi connectivity index (χ2v) is 4.48. The van der Waals surface area contributed by atoms with Crippen LogP contribution in [0.4, 0.5) is 5.82 Å². The van der Waals surface area contributed by atoms with E-state index < -0.39 is 0 Å². The van der Waals surface area contributed by atoms with Gasteiger partial charge in [0.05, 0.1) is 0 Å². The zero-order chi connectivity index (χ0) is 12.8. The highest BCUT2D eigenvalue weighted by Crippen LogP contribution is 2.17. The molecule has 0 saturated heterocycles. The van der Waals surface area contributed by atoms with Gasteiger partial charge in [0.2, 0.25) is 5.91 Å². The number of hydrogen-bond acceptors (Lipinski definition) is 5. The number of nitrogens with one attached hydrogen (secondary N) is 2. The van der Waals surface area contributed by atoms with E-state index in [2.05, 4.69) is 20.6 Å². The number of likely N-dealkylation sites (N-methyl/N-ethyl adjacent to an activating group) is 1. The van der Waals surface area contributed by atoms with E-state index in [1.54, 1.807) is 13.0 Å². The average molecular weight is 275 g/mol. The molecule has 1 rings (SSSR count). The molecule has 0 radical (unpaired) electrons. The van der Waals surface area contributed by atoms with Gasteiger partial charge in [-0.3, -0.25) is 4.79 Å². The largest absolute Gasteiger partial charge is 0.358 e. The molecule has 0 aliphatic rings. The van der Waals surface area contributed by atoms with Crippen molar-refractivity contribution in [1.82, 2.24) is 15.3 Å². The number of carbonyl (C=O) groups excluding carboxylic acids is 1. The quantitative estimate of drug-likeness (QED) is 0.487. The number of nitrogens with zero attached hydrogens (tertiary/aromatic N) is 2. The highest BCUT2D eigenvalue weighted by Gasteiger charge is 2.12. The van der Waals surface area contributed by atoms with Crippen LogP contribution in [0.15, 0.2) is 11.2 Å². The van der Waals surface area contributed by atoms with E-state index in [4.69, 9.17) is 11.6 Å². The van der Waals surface area contributed by atoms with E-state index in [1.165, 1.54) is 11.8 Å². The number of anilines is 1. The fourth-order valence-electron chi connectivity index (χ4n) is 1.18. The van der Waals surface area contributed by atoms with Gasteiger partial charge < -0.3 is 10.6 Å². The summed E-state index contributed by atoms with van der Waals surface area (Å²) in [6.45, 7) is 4.24. The molecule has 1 atom stereocenters. The molecule has 2 N–H and O–H groups in total. The Balaban J connectivity index is 2.73. The third-order valence-corrected chi connectivity index (χ3v) is 2.71. The van der Waals surface area contributed by atoms with E-state index in [9.17, 15) is 4.79 Å². The molecule has 0 aliphatic carbocycles. The van der Waals surface area contributed by atoms with Gasteiger partial charge in [0, 0.05) is 12.6 Å². The van der Waals surface area contributed by atoms with E-state index in [1.807, 2.05) is 13.2 Å². The monoisotopic (exact) mass is 274 g/mol. The molecule has 0 spiro atoms. The first kappa shape index (κ1) is 14.1. The third kappa shape index (κ3) is 4.40. The Morgan fingerprint density at radius 2 is 2.29 bits per heavy atom. The predicted octanol–water partition coefficient (Wildman–Crippen LogP) is 1.79. The number of aromatic nitrogens is 2. The van der Waals surface area contributed by atoms with Crippen molar-refractivity contribution in [2.75, 3.05) is 18.1 Å². The van der Waals surface area contributed by atoms with Gasteiger partial charge in [0.25, 0.3) is 0 Å². The van der Waals surface area contributed by atoms with Crippen LogP contribution in [0.5, 0.6) is 0 Å². The zero-order valence-corrected chi connectivity index (χ0v) is 11.5. The molecule has 1 heterocycles. The van der Waals surface area contributed by atoms with Crippen LogP contribution in [-0.2, 0) is 4.79 Å². The number of carbonyl (C=O) groups is 1. The molecule has 0 bridgehead atoms. The molecule has 0 aromatic carbocycles. The molecule has 1 amide bonds. The lowest BCUT2D eigenvalue weighted by molar-refractivity contribution is -0.121. The highest BCUT2D eigenvalue weighted by molar-refractivity contribution is 7.98. The summed E-state index contributed by atoms with van der Waals surface area (Å²) in [4.78, 5) is 19.8. The van der Waals surface area contributed by atoms with E-state index in [0.717, 1.165) is 0 Å². The minimum absolute atomic E-state index is 0.0760. The predicted molar refractivity (Wildman–Crippen MR) is 70.6 cm³/mol. The summed E-state index contributed by atoms with van der Waals surface area (Å²) in [6.07, 6.45) is 1.86. The first-order valence-corrected chi connectivity index (χ1v) is 6.80. The first-order valence-electron chi connectivity index (χ1n) is 5.19. The lowest BCUT2D eigenvalue weighted by Gasteiger charge is -2.14. The second kappa shape index (κ2) is 6.66. The minimum atomic E-state index is -0.365. The summed E-state index contributed by atoms with van der Waals surface area (Å²) in [5.74, 6) is 0.473. The SMILES string of the molecule is CCNC(=O)C(C)Nc1cc(Cl)nc(SC)n1. The van der Waals surface area contributed by atoms with E-state index in [-0.39, 0.29) is 11.9 Å². The zero-order valence-electron chi connectivity index (χ0n) is 9.95. The number of hydrogen-bond donors (Lipinski definition) is 2. The summed E-state index contributed by atoms with van der Waals surface area (Å²) >= 11 is 7.24. The Morgan fingerprint density at radius 1 is 1.59 bits per heavy atom. The maximum Gasteiger partial charge on any atom is 0.242 e. The standard InChI is InChI=1S/C10H15ClN4OS/c1-4-12-9(16)6(2)13-8-5-7(11)14-10(15-8)17-3/h5-6H,4H2,1-3H3,(H,12,16)(H,13,14,15). The van der Waals surface area contributed by atoms with Crippen molar-refractivity contribution in [1.29, 1.82) is 0 Å². The van der Waals surface area contributed by atoms with Crippen LogP contribution in [0.2, 0.25) is 5.15 Å². The van der Waals surface area contributed by atoms with Gasteiger partial charge in [-0.2, -0.15) is 0 Å². The Kier molecular flexibility index (Phi) is 5.50. The fraction of sp³-hybridized carbons (Fsp3) is 0.500. The maximum absolute atomic E-state index is 11.5. The molecule has 0 aliphatic heterocycles. The maximum atomic E-state index is 11.5. The van der Waals surface area contributed by atoms with Crippen LogP contribution in [0.3, 0.4) is 0 Å². The first-order chi connectivity index (χ1) is 8.06. The number of amides is 1. The summed E-state index contributed by atoms with van der Waals surface area (Å²) in [5, 5.41) is 6.64. The van der Waals surface area contributed by atoms with Gasteiger partial charge in [-0.15, -0.1) is 0 Å². The average Bonchev–Trinajstić information content (AvgIpc) is 2.28. The molecule has 7 heteroatoms. The fourth-order valence-corrected chi connectivity index (χ4v) is 1.79. The third-order valence-electron chi connectivity index (χ3n) is 1.97. The number of thioether (sulfide) groups is 1. The molecule has 0 saturated carbocycles. The van der Waals surface area contributed by atoms with Crippen molar-refractivity contribution in [2.45, 2.75) is 25.0 Å². The molecular formula is C10H15ClN4OS. The van der Waals surface area contributed by atoms with Crippen LogP contribution in [-0.4, -0.2) is 34.7 Å². The van der Waals surface area contributed by atoms with Crippen molar-refractivity contribution in [3.05, 3.63) is 11.2 Å². The van der Waals surface area contributed by atoms with Gasteiger partial charge in [0.1, 0.15) is 17.0 Å². The summed E-state index contributed by atoms with van der Waals surface area (Å²) in [7, 11) is 0.